The fourth-order valence-electron chi connectivity index (χ4n) is 1.77. The third-order valence-electron chi connectivity index (χ3n) is 2.62. The van der Waals surface area contributed by atoms with Crippen molar-refractivity contribution in [1.82, 2.24) is 15.3 Å². The van der Waals surface area contributed by atoms with Crippen molar-refractivity contribution in [2.75, 3.05) is 26.5 Å². The van der Waals surface area contributed by atoms with Crippen molar-refractivity contribution in [3.8, 4) is 5.88 Å². The number of likely N-dealkylation sites (N-methyl/N-ethyl adjacent to an activating group) is 1. The highest BCUT2D eigenvalue weighted by Gasteiger charge is 2.18. The number of methoxy groups -OCH3 is 1. The Hall–Kier alpha value is -0.810. The van der Waals surface area contributed by atoms with Crippen LogP contribution in [0.25, 0.3) is 0 Å². The van der Waals surface area contributed by atoms with Crippen LogP contribution in [-0.2, 0) is 18.6 Å². The second-order valence-corrected chi connectivity index (χ2v) is 4.84. The van der Waals surface area contributed by atoms with E-state index in [4.69, 9.17) is 4.74 Å². The van der Waals surface area contributed by atoms with Gasteiger partial charge in [0, 0.05) is 24.3 Å². The molecule has 88 valence electrons. The lowest BCUT2D eigenvalue weighted by Gasteiger charge is -2.17. The normalized spacial score (nSPS) is 14.6. The van der Waals surface area contributed by atoms with E-state index in [1.165, 1.54) is 11.3 Å². The number of nitrogens with one attached hydrogen (secondary N) is 1. The van der Waals surface area contributed by atoms with Crippen LogP contribution in [0.3, 0.4) is 0 Å². The number of hydrogen-bond donors (Lipinski definition) is 1. The second kappa shape index (κ2) is 5.50. The molecule has 0 fully saturated rings. The van der Waals surface area contributed by atoms with Gasteiger partial charge in [0.2, 0.25) is 5.88 Å². The van der Waals surface area contributed by atoms with Crippen LogP contribution in [0.1, 0.15) is 17.1 Å². The first-order valence-electron chi connectivity index (χ1n) is 5.50. The summed E-state index contributed by atoms with van der Waals surface area (Å²) in [6.45, 7) is 0.899. The largest absolute Gasteiger partial charge is 0.481 e. The second-order valence-electron chi connectivity index (χ2n) is 3.73. The molecule has 0 saturated heterocycles. The molecule has 0 amide bonds. The molecule has 0 saturated carbocycles. The van der Waals surface area contributed by atoms with Gasteiger partial charge in [0.25, 0.3) is 0 Å². The van der Waals surface area contributed by atoms with E-state index in [9.17, 15) is 0 Å². The molecule has 0 radical (unpaired) electrons. The highest BCUT2D eigenvalue weighted by Crippen LogP contribution is 2.29. The molecular formula is C11H17N3OS. The Labute approximate surface area is 100 Å². The molecule has 1 aliphatic heterocycles. The first kappa shape index (κ1) is 11.7. The molecule has 0 aliphatic carbocycles. The van der Waals surface area contributed by atoms with Gasteiger partial charge in [0.1, 0.15) is 5.82 Å². The Morgan fingerprint density at radius 1 is 1.44 bits per heavy atom. The maximum Gasteiger partial charge on any atom is 0.220 e. The summed E-state index contributed by atoms with van der Waals surface area (Å²) in [6.07, 6.45) is 1.89. The Morgan fingerprint density at radius 3 is 3.06 bits per heavy atom. The van der Waals surface area contributed by atoms with Gasteiger partial charge >= 0.3 is 0 Å². The number of thioether (sulfide) groups is 1. The third-order valence-corrected chi connectivity index (χ3v) is 3.61. The van der Waals surface area contributed by atoms with Crippen LogP contribution in [0.2, 0.25) is 0 Å². The van der Waals surface area contributed by atoms with Crippen LogP contribution >= 0.6 is 11.8 Å². The Balaban J connectivity index is 2.28. The van der Waals surface area contributed by atoms with Crippen molar-refractivity contribution in [2.45, 2.75) is 18.6 Å². The van der Waals surface area contributed by atoms with Crippen molar-refractivity contribution in [2.24, 2.45) is 0 Å². The number of fused-ring (bicyclic) bond motifs is 1. The zero-order chi connectivity index (χ0) is 11.4. The lowest BCUT2D eigenvalue weighted by Crippen LogP contribution is -2.16. The van der Waals surface area contributed by atoms with Crippen molar-refractivity contribution in [3.05, 3.63) is 17.1 Å². The molecule has 2 heterocycles. The molecular weight excluding hydrogens is 222 g/mol. The number of aromatic nitrogens is 2. The van der Waals surface area contributed by atoms with Crippen LogP contribution in [0.5, 0.6) is 5.88 Å². The molecule has 16 heavy (non-hydrogen) atoms. The molecule has 1 aromatic rings. The van der Waals surface area contributed by atoms with Gasteiger partial charge < -0.3 is 10.1 Å². The molecule has 1 aromatic heterocycles. The molecule has 0 atom stereocenters. The monoisotopic (exact) mass is 239 g/mol. The van der Waals surface area contributed by atoms with E-state index in [0.29, 0.717) is 0 Å². The molecule has 5 heteroatoms. The molecule has 1 aliphatic rings. The van der Waals surface area contributed by atoms with E-state index in [1.807, 2.05) is 18.8 Å². The standard InChI is InChI=1S/C11H17N3OS/c1-12-5-3-10-13-9-4-6-16-7-8(9)11(14-10)15-2/h12H,3-7H2,1-2H3. The van der Waals surface area contributed by atoms with Crippen molar-refractivity contribution in [3.63, 3.8) is 0 Å². The van der Waals surface area contributed by atoms with Crippen LogP contribution in [0, 0.1) is 0 Å². The van der Waals surface area contributed by atoms with Gasteiger partial charge in [-0.1, -0.05) is 0 Å². The minimum Gasteiger partial charge on any atom is -0.481 e. The van der Waals surface area contributed by atoms with Gasteiger partial charge in [0.05, 0.1) is 12.8 Å². The summed E-state index contributed by atoms with van der Waals surface area (Å²) >= 11 is 1.92. The number of nitrogens with zero attached hydrogens (tertiary/aromatic N) is 2. The molecule has 4 nitrogen and oxygen atoms in total. The minimum absolute atomic E-state index is 0.767. The van der Waals surface area contributed by atoms with E-state index < -0.39 is 0 Å². The average molecular weight is 239 g/mol. The molecule has 0 aromatic carbocycles. The quantitative estimate of drug-likeness (QED) is 0.850. The maximum atomic E-state index is 5.35. The topological polar surface area (TPSA) is 47.0 Å². The lowest BCUT2D eigenvalue weighted by molar-refractivity contribution is 0.389. The minimum atomic E-state index is 0.767. The summed E-state index contributed by atoms with van der Waals surface area (Å²) < 4.78 is 5.35. The highest BCUT2D eigenvalue weighted by molar-refractivity contribution is 7.98. The number of rotatable bonds is 4. The molecule has 0 spiro atoms. The van der Waals surface area contributed by atoms with Crippen LogP contribution in [0.15, 0.2) is 0 Å². The van der Waals surface area contributed by atoms with Crippen molar-refractivity contribution < 1.29 is 4.74 Å². The average Bonchev–Trinajstić information content (AvgIpc) is 2.35. The fourth-order valence-corrected chi connectivity index (χ4v) is 2.74. The van der Waals surface area contributed by atoms with E-state index in [-0.39, 0.29) is 0 Å². The van der Waals surface area contributed by atoms with Crippen LogP contribution < -0.4 is 10.1 Å². The van der Waals surface area contributed by atoms with E-state index in [2.05, 4.69) is 15.3 Å². The van der Waals surface area contributed by atoms with E-state index >= 15 is 0 Å². The molecule has 1 N–H and O–H groups in total. The van der Waals surface area contributed by atoms with Gasteiger partial charge in [-0.15, -0.1) is 0 Å². The Kier molecular flexibility index (Phi) is 4.01. The summed E-state index contributed by atoms with van der Waals surface area (Å²) in [6, 6.07) is 0. The van der Waals surface area contributed by atoms with Gasteiger partial charge in [-0.05, 0) is 19.2 Å². The third kappa shape index (κ3) is 2.47. The summed E-state index contributed by atoms with van der Waals surface area (Å²) in [5.74, 6) is 3.78. The van der Waals surface area contributed by atoms with Crippen LogP contribution in [-0.4, -0.2) is 36.4 Å². The zero-order valence-corrected chi connectivity index (χ0v) is 10.6. The first-order valence-corrected chi connectivity index (χ1v) is 6.65. The number of hydrogen-bond acceptors (Lipinski definition) is 5. The highest BCUT2D eigenvalue weighted by atomic mass is 32.2. The number of ether oxygens (including phenoxy) is 1. The first-order chi connectivity index (χ1) is 7.85. The Morgan fingerprint density at radius 2 is 2.31 bits per heavy atom. The molecule has 2 rings (SSSR count). The number of aryl methyl sites for hydroxylation is 1. The van der Waals surface area contributed by atoms with Gasteiger partial charge in [-0.3, -0.25) is 0 Å². The van der Waals surface area contributed by atoms with E-state index in [1.54, 1.807) is 7.11 Å². The predicted octanol–water partition coefficient (Wildman–Crippen LogP) is 1.04. The van der Waals surface area contributed by atoms with Gasteiger partial charge in [-0.25, -0.2) is 4.98 Å². The van der Waals surface area contributed by atoms with Crippen molar-refractivity contribution in [1.29, 1.82) is 0 Å². The smallest absolute Gasteiger partial charge is 0.220 e. The van der Waals surface area contributed by atoms with E-state index in [0.717, 1.165) is 42.6 Å². The lowest BCUT2D eigenvalue weighted by atomic mass is 10.2. The van der Waals surface area contributed by atoms with Gasteiger partial charge in [0.15, 0.2) is 0 Å². The summed E-state index contributed by atoms with van der Waals surface area (Å²) in [4.78, 5) is 9.07. The zero-order valence-electron chi connectivity index (χ0n) is 9.75. The molecule has 0 unspecified atom stereocenters. The Bertz CT molecular complexity index is 353. The SMILES string of the molecule is CNCCc1nc2c(c(OC)n1)CSCC2. The fraction of sp³-hybridized carbons (Fsp3) is 0.636. The maximum absolute atomic E-state index is 5.35. The van der Waals surface area contributed by atoms with Gasteiger partial charge in [-0.2, -0.15) is 16.7 Å². The summed E-state index contributed by atoms with van der Waals surface area (Å²) in [5, 5.41) is 3.11. The summed E-state index contributed by atoms with van der Waals surface area (Å²) in [5.41, 5.74) is 2.36. The van der Waals surface area contributed by atoms with Crippen molar-refractivity contribution >= 4 is 11.8 Å². The molecule has 0 bridgehead atoms. The summed E-state index contributed by atoms with van der Waals surface area (Å²) in [7, 11) is 3.62. The van der Waals surface area contributed by atoms with Crippen LogP contribution in [0.4, 0.5) is 0 Å². The predicted molar refractivity (Wildman–Crippen MR) is 66.1 cm³/mol.